The van der Waals surface area contributed by atoms with Crippen LogP contribution in [0, 0.1) is 5.41 Å². The number of nitrogens with zero attached hydrogens (tertiary/aromatic N) is 2. The highest BCUT2D eigenvalue weighted by Gasteiger charge is 2.25. The first-order chi connectivity index (χ1) is 8.88. The lowest BCUT2D eigenvalue weighted by atomic mass is 9.86. The summed E-state index contributed by atoms with van der Waals surface area (Å²) in [5.74, 6) is 0.340. The molecule has 1 heterocycles. The maximum atomic E-state index is 8.75. The molecule has 0 aromatic carbocycles. The molecule has 0 aromatic heterocycles. The second-order valence-electron chi connectivity index (χ2n) is 6.69. The van der Waals surface area contributed by atoms with Crippen LogP contribution in [0.15, 0.2) is 5.16 Å². The fraction of sp³-hybridized carbons (Fsp3) is 0.933. The van der Waals surface area contributed by atoms with E-state index in [0.717, 1.165) is 24.9 Å². The first kappa shape index (κ1) is 16.3. The van der Waals surface area contributed by atoms with Crippen molar-refractivity contribution >= 4 is 5.84 Å². The molecule has 2 atom stereocenters. The van der Waals surface area contributed by atoms with Crippen LogP contribution in [-0.2, 0) is 0 Å². The van der Waals surface area contributed by atoms with Gasteiger partial charge in [0.05, 0.1) is 0 Å². The Bertz CT molecular complexity index is 292. The SMILES string of the molecule is CC1CCCC(C)N1CCCCC(C)(C)C(N)=NO. The number of hydrogen-bond donors (Lipinski definition) is 2. The van der Waals surface area contributed by atoms with E-state index in [1.54, 1.807) is 0 Å². The lowest BCUT2D eigenvalue weighted by molar-refractivity contribution is 0.100. The maximum absolute atomic E-state index is 8.75. The number of piperidine rings is 1. The van der Waals surface area contributed by atoms with Crippen molar-refractivity contribution < 1.29 is 5.21 Å². The molecule has 1 aliphatic rings. The number of amidine groups is 1. The number of nitrogens with two attached hydrogens (primary N) is 1. The Hall–Kier alpha value is -0.770. The van der Waals surface area contributed by atoms with E-state index in [1.807, 2.05) is 13.8 Å². The fourth-order valence-electron chi connectivity index (χ4n) is 3.04. The van der Waals surface area contributed by atoms with Crippen molar-refractivity contribution in [2.24, 2.45) is 16.3 Å². The summed E-state index contributed by atoms with van der Waals surface area (Å²) in [7, 11) is 0. The molecule has 19 heavy (non-hydrogen) atoms. The average molecular weight is 269 g/mol. The van der Waals surface area contributed by atoms with Crippen molar-refractivity contribution in [1.82, 2.24) is 4.90 Å². The maximum Gasteiger partial charge on any atom is 0.144 e. The van der Waals surface area contributed by atoms with E-state index in [4.69, 9.17) is 10.9 Å². The van der Waals surface area contributed by atoms with Gasteiger partial charge in [-0.05, 0) is 46.1 Å². The molecule has 4 heteroatoms. The standard InChI is InChI=1S/C15H31N3O/c1-12-8-7-9-13(2)18(12)11-6-5-10-15(3,4)14(16)17-19/h12-13,19H,5-11H2,1-4H3,(H2,16,17). The van der Waals surface area contributed by atoms with Crippen LogP contribution in [0.3, 0.4) is 0 Å². The minimum absolute atomic E-state index is 0.201. The summed E-state index contributed by atoms with van der Waals surface area (Å²) in [5.41, 5.74) is 5.51. The molecule has 1 rings (SSSR count). The van der Waals surface area contributed by atoms with Gasteiger partial charge in [-0.15, -0.1) is 0 Å². The number of oxime groups is 1. The van der Waals surface area contributed by atoms with Crippen molar-refractivity contribution in [3.8, 4) is 0 Å². The van der Waals surface area contributed by atoms with Gasteiger partial charge in [-0.3, -0.25) is 4.90 Å². The summed E-state index contributed by atoms with van der Waals surface area (Å²) in [5, 5.41) is 11.9. The first-order valence-corrected chi connectivity index (χ1v) is 7.62. The summed E-state index contributed by atoms with van der Waals surface area (Å²) < 4.78 is 0. The second-order valence-corrected chi connectivity index (χ2v) is 6.69. The Morgan fingerprint density at radius 1 is 1.26 bits per heavy atom. The van der Waals surface area contributed by atoms with Gasteiger partial charge in [0.1, 0.15) is 5.84 Å². The Morgan fingerprint density at radius 3 is 2.37 bits per heavy atom. The lowest BCUT2D eigenvalue weighted by Crippen LogP contribution is -2.44. The van der Waals surface area contributed by atoms with Gasteiger partial charge in [0.2, 0.25) is 0 Å². The summed E-state index contributed by atoms with van der Waals surface area (Å²) in [6, 6.07) is 1.45. The lowest BCUT2D eigenvalue weighted by Gasteiger charge is -2.39. The van der Waals surface area contributed by atoms with Crippen molar-refractivity contribution in [2.45, 2.75) is 78.3 Å². The van der Waals surface area contributed by atoms with E-state index < -0.39 is 0 Å². The van der Waals surface area contributed by atoms with Gasteiger partial charge < -0.3 is 10.9 Å². The molecule has 1 fully saturated rings. The van der Waals surface area contributed by atoms with E-state index in [-0.39, 0.29) is 5.41 Å². The summed E-state index contributed by atoms with van der Waals surface area (Å²) in [6.45, 7) is 9.93. The predicted octanol–water partition coefficient (Wildman–Crippen LogP) is 3.19. The third-order valence-electron chi connectivity index (χ3n) is 4.65. The molecular weight excluding hydrogens is 238 g/mol. The highest BCUT2D eigenvalue weighted by molar-refractivity contribution is 5.85. The molecule has 0 aliphatic carbocycles. The number of likely N-dealkylation sites (tertiary alicyclic amines) is 1. The Labute approximate surface area is 118 Å². The topological polar surface area (TPSA) is 61.8 Å². The molecule has 3 N–H and O–H groups in total. The molecule has 2 unspecified atom stereocenters. The molecule has 1 aliphatic heterocycles. The predicted molar refractivity (Wildman–Crippen MR) is 80.5 cm³/mol. The third kappa shape index (κ3) is 4.68. The van der Waals surface area contributed by atoms with Crippen LogP contribution in [0.5, 0.6) is 0 Å². The largest absolute Gasteiger partial charge is 0.409 e. The Kier molecular flexibility index (Phi) is 6.11. The highest BCUT2D eigenvalue weighted by atomic mass is 16.4. The average Bonchev–Trinajstić information content (AvgIpc) is 2.36. The summed E-state index contributed by atoms with van der Waals surface area (Å²) >= 11 is 0. The van der Waals surface area contributed by atoms with Crippen LogP contribution in [0.2, 0.25) is 0 Å². The Morgan fingerprint density at radius 2 is 1.84 bits per heavy atom. The van der Waals surface area contributed by atoms with Gasteiger partial charge in [0.15, 0.2) is 0 Å². The van der Waals surface area contributed by atoms with Crippen LogP contribution in [0.25, 0.3) is 0 Å². The molecule has 0 spiro atoms. The molecule has 4 nitrogen and oxygen atoms in total. The van der Waals surface area contributed by atoms with Gasteiger partial charge >= 0.3 is 0 Å². The van der Waals surface area contributed by atoms with Crippen LogP contribution < -0.4 is 5.73 Å². The highest BCUT2D eigenvalue weighted by Crippen LogP contribution is 2.26. The molecule has 112 valence electrons. The van der Waals surface area contributed by atoms with Crippen molar-refractivity contribution in [1.29, 1.82) is 0 Å². The molecule has 0 radical (unpaired) electrons. The third-order valence-corrected chi connectivity index (χ3v) is 4.65. The Balaban J connectivity index is 2.30. The van der Waals surface area contributed by atoms with E-state index in [1.165, 1.54) is 32.2 Å². The van der Waals surface area contributed by atoms with E-state index in [9.17, 15) is 0 Å². The van der Waals surface area contributed by atoms with Crippen molar-refractivity contribution in [2.75, 3.05) is 6.54 Å². The summed E-state index contributed by atoms with van der Waals surface area (Å²) in [6.07, 6.45) is 7.32. The number of unbranched alkanes of at least 4 members (excludes halogenated alkanes) is 1. The zero-order valence-corrected chi connectivity index (χ0v) is 13.0. The second kappa shape index (κ2) is 7.13. The van der Waals surface area contributed by atoms with Crippen LogP contribution in [-0.4, -0.2) is 34.6 Å². The monoisotopic (exact) mass is 269 g/mol. The quantitative estimate of drug-likeness (QED) is 0.256. The van der Waals surface area contributed by atoms with Crippen LogP contribution >= 0.6 is 0 Å². The van der Waals surface area contributed by atoms with Crippen LogP contribution in [0.1, 0.15) is 66.2 Å². The van der Waals surface area contributed by atoms with Gasteiger partial charge in [0.25, 0.3) is 0 Å². The van der Waals surface area contributed by atoms with Crippen molar-refractivity contribution in [3.05, 3.63) is 0 Å². The molecule has 0 amide bonds. The number of hydrogen-bond acceptors (Lipinski definition) is 3. The summed E-state index contributed by atoms with van der Waals surface area (Å²) in [4.78, 5) is 2.64. The van der Waals surface area contributed by atoms with E-state index in [0.29, 0.717) is 5.84 Å². The zero-order chi connectivity index (χ0) is 14.5. The van der Waals surface area contributed by atoms with Gasteiger partial charge in [-0.2, -0.15) is 0 Å². The first-order valence-electron chi connectivity index (χ1n) is 7.62. The molecular formula is C15H31N3O. The zero-order valence-electron chi connectivity index (χ0n) is 13.0. The van der Waals surface area contributed by atoms with Crippen LogP contribution in [0.4, 0.5) is 0 Å². The van der Waals surface area contributed by atoms with Gasteiger partial charge in [-0.1, -0.05) is 31.8 Å². The minimum Gasteiger partial charge on any atom is -0.409 e. The normalized spacial score (nSPS) is 26.6. The van der Waals surface area contributed by atoms with E-state index >= 15 is 0 Å². The number of rotatable bonds is 6. The smallest absolute Gasteiger partial charge is 0.144 e. The molecule has 1 saturated heterocycles. The van der Waals surface area contributed by atoms with E-state index in [2.05, 4.69) is 23.9 Å². The van der Waals surface area contributed by atoms with Gasteiger partial charge in [-0.25, -0.2) is 0 Å². The molecule has 0 bridgehead atoms. The molecule has 0 saturated carbocycles. The minimum atomic E-state index is -0.201. The molecule has 0 aromatic rings. The van der Waals surface area contributed by atoms with Crippen molar-refractivity contribution in [3.63, 3.8) is 0 Å². The van der Waals surface area contributed by atoms with Gasteiger partial charge in [0, 0.05) is 17.5 Å². The fourth-order valence-corrected chi connectivity index (χ4v) is 3.04.